The van der Waals surface area contributed by atoms with Crippen molar-refractivity contribution in [3.8, 4) is 0 Å². The van der Waals surface area contributed by atoms with Gasteiger partial charge < -0.3 is 5.32 Å². The summed E-state index contributed by atoms with van der Waals surface area (Å²) in [5.74, 6) is -0.495. The first-order valence-electron chi connectivity index (χ1n) is 9.48. The van der Waals surface area contributed by atoms with Crippen molar-refractivity contribution in [3.63, 3.8) is 0 Å². The molecule has 0 aliphatic rings. The largest absolute Gasteiger partial charge is 0.321 e. The zero-order valence-electron chi connectivity index (χ0n) is 16.6. The van der Waals surface area contributed by atoms with Crippen LogP contribution in [-0.2, 0) is 16.4 Å². The van der Waals surface area contributed by atoms with Crippen LogP contribution in [0.5, 0.6) is 0 Å². The van der Waals surface area contributed by atoms with Crippen molar-refractivity contribution >= 4 is 32.2 Å². The number of hydrogen-bond acceptors (Lipinski definition) is 5. The number of aromatic nitrogens is 2. The molecule has 0 spiro atoms. The molecule has 0 unspecified atom stereocenters. The van der Waals surface area contributed by atoms with Crippen LogP contribution in [0.2, 0.25) is 0 Å². The Morgan fingerprint density at radius 2 is 1.52 bits per heavy atom. The normalized spacial score (nSPS) is 11.4. The van der Waals surface area contributed by atoms with Gasteiger partial charge in [0.05, 0.1) is 16.8 Å². The van der Waals surface area contributed by atoms with Crippen molar-refractivity contribution in [1.29, 1.82) is 0 Å². The van der Waals surface area contributed by atoms with Crippen LogP contribution in [0, 0.1) is 0 Å². The summed E-state index contributed by atoms with van der Waals surface area (Å²) < 4.78 is 24.5. The van der Waals surface area contributed by atoms with Crippen molar-refractivity contribution < 1.29 is 13.2 Å². The fourth-order valence-corrected chi connectivity index (χ4v) is 3.87. The van der Waals surface area contributed by atoms with E-state index in [-0.39, 0.29) is 22.7 Å². The number of rotatable bonds is 5. The molecule has 8 heteroatoms. The molecule has 0 radical (unpaired) electrons. The van der Waals surface area contributed by atoms with Crippen molar-refractivity contribution in [3.05, 3.63) is 100 Å². The number of anilines is 1. The summed E-state index contributed by atoms with van der Waals surface area (Å²) in [6.07, 6.45) is 1.12. The third kappa shape index (κ3) is 4.39. The van der Waals surface area contributed by atoms with Crippen LogP contribution in [0.25, 0.3) is 10.8 Å². The van der Waals surface area contributed by atoms with Gasteiger partial charge in [0.1, 0.15) is 0 Å². The van der Waals surface area contributed by atoms with Gasteiger partial charge in [0.2, 0.25) is 0 Å². The van der Waals surface area contributed by atoms with E-state index in [9.17, 15) is 18.0 Å². The van der Waals surface area contributed by atoms with E-state index in [1.165, 1.54) is 28.9 Å². The first kappa shape index (κ1) is 20.5. The highest BCUT2D eigenvalue weighted by molar-refractivity contribution is 7.90. The zero-order chi connectivity index (χ0) is 22.0. The van der Waals surface area contributed by atoms with E-state index in [2.05, 4.69) is 10.4 Å². The summed E-state index contributed by atoms with van der Waals surface area (Å²) in [5, 5.41) is 7.91. The molecular weight excluding hydrogens is 414 g/mol. The molecule has 1 amide bonds. The van der Waals surface area contributed by atoms with Crippen LogP contribution < -0.4 is 10.9 Å². The summed E-state index contributed by atoms with van der Waals surface area (Å²) >= 11 is 0. The third-order valence-electron chi connectivity index (χ3n) is 4.80. The number of nitrogens with one attached hydrogen (secondary N) is 1. The average Bonchev–Trinajstić information content (AvgIpc) is 2.76. The minimum Gasteiger partial charge on any atom is -0.321 e. The van der Waals surface area contributed by atoms with Gasteiger partial charge in [-0.15, -0.1) is 0 Å². The molecule has 3 aromatic carbocycles. The summed E-state index contributed by atoms with van der Waals surface area (Å²) in [5.41, 5.74) is 1.13. The van der Waals surface area contributed by atoms with E-state index in [0.29, 0.717) is 16.5 Å². The second-order valence-electron chi connectivity index (χ2n) is 7.09. The van der Waals surface area contributed by atoms with Gasteiger partial charge in [0, 0.05) is 17.3 Å². The lowest BCUT2D eigenvalue weighted by Crippen LogP contribution is -2.28. The minimum absolute atomic E-state index is 0.110. The summed E-state index contributed by atoms with van der Waals surface area (Å²) in [6.45, 7) is 0.230. The van der Waals surface area contributed by atoms with Gasteiger partial charge >= 0.3 is 0 Å². The average molecular weight is 433 g/mol. The molecule has 0 saturated heterocycles. The molecule has 0 fully saturated rings. The highest BCUT2D eigenvalue weighted by atomic mass is 32.2. The molecule has 1 N–H and O–H groups in total. The van der Waals surface area contributed by atoms with Gasteiger partial charge in [-0.2, -0.15) is 5.10 Å². The Hall–Kier alpha value is -3.78. The lowest BCUT2D eigenvalue weighted by molar-refractivity contribution is 0.102. The van der Waals surface area contributed by atoms with Crippen LogP contribution in [0.4, 0.5) is 5.69 Å². The minimum atomic E-state index is -3.33. The van der Waals surface area contributed by atoms with Gasteiger partial charge in [-0.1, -0.05) is 48.5 Å². The monoisotopic (exact) mass is 433 g/mol. The van der Waals surface area contributed by atoms with Gasteiger partial charge in [-0.25, -0.2) is 13.1 Å². The van der Waals surface area contributed by atoms with Crippen molar-refractivity contribution in [1.82, 2.24) is 9.78 Å². The molecule has 0 aliphatic carbocycles. The lowest BCUT2D eigenvalue weighted by Gasteiger charge is -2.12. The number of carbonyl (C=O) groups is 1. The van der Waals surface area contributed by atoms with Crippen LogP contribution in [0.1, 0.15) is 16.1 Å². The Balaban J connectivity index is 1.73. The van der Waals surface area contributed by atoms with Crippen LogP contribution in [0.3, 0.4) is 0 Å². The number of amides is 1. The Labute approximate surface area is 178 Å². The molecule has 0 aliphatic heterocycles. The molecule has 0 bridgehead atoms. The number of hydrogen-bond donors (Lipinski definition) is 1. The van der Waals surface area contributed by atoms with Gasteiger partial charge in [-0.3, -0.25) is 9.59 Å². The van der Waals surface area contributed by atoms with Crippen LogP contribution in [-0.4, -0.2) is 30.4 Å². The fourth-order valence-electron chi connectivity index (χ4n) is 3.24. The molecule has 0 atom stereocenters. The first-order chi connectivity index (χ1) is 14.8. The highest BCUT2D eigenvalue weighted by Crippen LogP contribution is 2.18. The number of carbonyl (C=O) groups excluding carboxylic acids is 1. The topological polar surface area (TPSA) is 98.1 Å². The van der Waals surface area contributed by atoms with Crippen LogP contribution >= 0.6 is 0 Å². The second-order valence-corrected chi connectivity index (χ2v) is 9.11. The number of benzene rings is 3. The van der Waals surface area contributed by atoms with E-state index in [0.717, 1.165) is 11.8 Å². The van der Waals surface area contributed by atoms with Crippen molar-refractivity contribution in [2.45, 2.75) is 11.4 Å². The highest BCUT2D eigenvalue weighted by Gasteiger charge is 2.17. The van der Waals surface area contributed by atoms with Crippen LogP contribution in [0.15, 0.2) is 88.6 Å². The Morgan fingerprint density at radius 3 is 2.16 bits per heavy atom. The molecular formula is C23H19N3O4S. The van der Waals surface area contributed by atoms with Gasteiger partial charge in [0.25, 0.3) is 11.5 Å². The second kappa shape index (κ2) is 8.16. The van der Waals surface area contributed by atoms with E-state index >= 15 is 0 Å². The predicted octanol–water partition coefficient (Wildman–Crippen LogP) is 3.10. The third-order valence-corrected chi connectivity index (χ3v) is 5.93. The van der Waals surface area contributed by atoms with Gasteiger partial charge in [-0.05, 0) is 35.9 Å². The first-order valence-corrected chi connectivity index (χ1v) is 11.4. The van der Waals surface area contributed by atoms with Crippen molar-refractivity contribution in [2.75, 3.05) is 11.6 Å². The Kier molecular flexibility index (Phi) is 5.39. The molecule has 0 saturated carbocycles. The number of fused-ring (bicyclic) bond motifs is 1. The molecule has 4 rings (SSSR count). The SMILES string of the molecule is CS(=O)(=O)c1ccc(NC(=O)c2nn(Cc3ccccc3)c(=O)c3ccccc23)cc1. The molecule has 1 heterocycles. The summed E-state index contributed by atoms with van der Waals surface area (Å²) in [6, 6.07) is 22.1. The molecule has 31 heavy (non-hydrogen) atoms. The molecule has 4 aromatic rings. The Morgan fingerprint density at radius 1 is 0.903 bits per heavy atom. The van der Waals surface area contributed by atoms with Gasteiger partial charge in [0.15, 0.2) is 15.5 Å². The molecule has 1 aromatic heterocycles. The maximum absolute atomic E-state index is 13.0. The molecule has 156 valence electrons. The maximum Gasteiger partial charge on any atom is 0.276 e. The molecule has 7 nitrogen and oxygen atoms in total. The number of nitrogens with zero attached hydrogens (tertiary/aromatic N) is 2. The maximum atomic E-state index is 13.0. The van der Waals surface area contributed by atoms with E-state index in [1.54, 1.807) is 24.3 Å². The zero-order valence-corrected chi connectivity index (χ0v) is 17.5. The predicted molar refractivity (Wildman–Crippen MR) is 119 cm³/mol. The summed E-state index contributed by atoms with van der Waals surface area (Å²) in [4.78, 5) is 26.1. The van der Waals surface area contributed by atoms with E-state index < -0.39 is 15.7 Å². The summed E-state index contributed by atoms with van der Waals surface area (Å²) in [7, 11) is -3.33. The van der Waals surface area contributed by atoms with E-state index in [1.807, 2.05) is 30.3 Å². The number of sulfone groups is 1. The quantitative estimate of drug-likeness (QED) is 0.522. The Bertz CT molecular complexity index is 1430. The fraction of sp³-hybridized carbons (Fsp3) is 0.0870. The smallest absolute Gasteiger partial charge is 0.276 e. The standard InChI is InChI=1S/C23H19N3O4S/c1-31(29,30)18-13-11-17(12-14-18)24-22(27)21-19-9-5-6-10-20(19)23(28)26(25-21)15-16-7-3-2-4-8-16/h2-14H,15H2,1H3,(H,24,27). The lowest BCUT2D eigenvalue weighted by atomic mass is 10.1. The van der Waals surface area contributed by atoms with Crippen molar-refractivity contribution in [2.24, 2.45) is 0 Å². The van der Waals surface area contributed by atoms with E-state index in [4.69, 9.17) is 0 Å².